The summed E-state index contributed by atoms with van der Waals surface area (Å²) in [6.45, 7) is 2.05. The molecule has 0 aliphatic heterocycles. The molecule has 2 heterocycles. The van der Waals surface area contributed by atoms with E-state index in [1.54, 1.807) is 17.4 Å². The molecule has 2 aromatic heterocycles. The molecule has 0 amide bonds. The van der Waals surface area contributed by atoms with Crippen molar-refractivity contribution in [2.24, 2.45) is 0 Å². The van der Waals surface area contributed by atoms with Crippen LogP contribution in [-0.4, -0.2) is 19.9 Å². The number of hydrogen-bond donors (Lipinski definition) is 0. The molecule has 0 N–H and O–H groups in total. The van der Waals surface area contributed by atoms with Crippen LogP contribution in [0.2, 0.25) is 0 Å². The second-order valence-electron chi connectivity index (χ2n) is 6.51. The van der Waals surface area contributed by atoms with E-state index in [4.69, 9.17) is 7.85 Å². The van der Waals surface area contributed by atoms with Crippen LogP contribution in [0.15, 0.2) is 40.2 Å². The second-order valence-corrected chi connectivity index (χ2v) is 10.0. The quantitative estimate of drug-likeness (QED) is 0.263. The molecule has 1 aliphatic rings. The van der Waals surface area contributed by atoms with Gasteiger partial charge in [0, 0.05) is 48.3 Å². The van der Waals surface area contributed by atoms with Crippen LogP contribution in [0.3, 0.4) is 0 Å². The minimum Gasteiger partial charge on any atom is -0.298 e. The monoisotopic (exact) mass is 448 g/mol. The number of aldehydes is 1. The van der Waals surface area contributed by atoms with Crippen molar-refractivity contribution in [3.8, 4) is 20.9 Å². The van der Waals surface area contributed by atoms with Crippen LogP contribution in [0.25, 0.3) is 31.7 Å². The highest BCUT2D eigenvalue weighted by atomic mass is 79.9. The van der Waals surface area contributed by atoms with Gasteiger partial charge in [0.1, 0.15) is 7.85 Å². The van der Waals surface area contributed by atoms with Gasteiger partial charge in [-0.15, -0.1) is 11.3 Å². The highest BCUT2D eigenvalue weighted by Gasteiger charge is 2.29. The van der Waals surface area contributed by atoms with Gasteiger partial charge < -0.3 is 0 Å². The molecule has 128 valence electrons. The van der Waals surface area contributed by atoms with Gasteiger partial charge in [0.25, 0.3) is 0 Å². The lowest BCUT2D eigenvalue weighted by molar-refractivity contribution is 0.103. The fourth-order valence-corrected chi connectivity index (χ4v) is 6.54. The summed E-state index contributed by atoms with van der Waals surface area (Å²) in [6, 6.07) is 11.4. The predicted octanol–water partition coefficient (Wildman–Crippen LogP) is 5.52. The number of fused-ring (bicyclic) bond motifs is 2. The molecule has 2 nitrogen and oxygen atoms in total. The Morgan fingerprint density at radius 3 is 2.33 bits per heavy atom. The molecule has 0 saturated carbocycles. The average Bonchev–Trinajstić information content (AvgIpc) is 3.20. The van der Waals surface area contributed by atoms with Gasteiger partial charge in [-0.2, -0.15) is 11.3 Å². The molecule has 0 spiro atoms. The van der Waals surface area contributed by atoms with Gasteiger partial charge in [0.15, 0.2) is 12.1 Å². The summed E-state index contributed by atoms with van der Waals surface area (Å²) < 4.78 is 1.65. The Labute approximate surface area is 173 Å². The molecule has 0 fully saturated rings. The standard InChI is InChI=1S/C21H10BBrO2S2/c1-9-6-16(23)27-20(9)12-5-4-11-18-13(3-2-10(8-24)17(12)18)21-14(19(11)25)7-15(22)26-21/h2-8H,1H3. The highest BCUT2D eigenvalue weighted by Crippen LogP contribution is 2.47. The Balaban J connectivity index is 1.98. The first kappa shape index (κ1) is 17.1. The molecule has 0 atom stereocenters. The minimum atomic E-state index is -0.0332. The van der Waals surface area contributed by atoms with Gasteiger partial charge in [0.2, 0.25) is 0 Å². The molecule has 1 aliphatic carbocycles. The third-order valence-electron chi connectivity index (χ3n) is 4.94. The zero-order valence-electron chi connectivity index (χ0n) is 14.1. The van der Waals surface area contributed by atoms with E-state index in [-0.39, 0.29) is 5.78 Å². The summed E-state index contributed by atoms with van der Waals surface area (Å²) >= 11 is 6.59. The van der Waals surface area contributed by atoms with Crippen molar-refractivity contribution in [2.75, 3.05) is 0 Å². The summed E-state index contributed by atoms with van der Waals surface area (Å²) in [5, 5.41) is 1.68. The van der Waals surface area contributed by atoms with Gasteiger partial charge in [-0.1, -0.05) is 18.2 Å². The van der Waals surface area contributed by atoms with Crippen LogP contribution in [0.5, 0.6) is 0 Å². The number of carbonyl (C=O) groups excluding carboxylic acids is 2. The molecular weight excluding hydrogens is 439 g/mol. The summed E-state index contributed by atoms with van der Waals surface area (Å²) in [7, 11) is 5.99. The van der Waals surface area contributed by atoms with Crippen molar-refractivity contribution in [1.29, 1.82) is 0 Å². The molecule has 4 aromatic rings. The highest BCUT2D eigenvalue weighted by molar-refractivity contribution is 9.11. The van der Waals surface area contributed by atoms with Crippen molar-refractivity contribution in [1.82, 2.24) is 0 Å². The lowest BCUT2D eigenvalue weighted by Crippen LogP contribution is -2.09. The number of benzene rings is 2. The van der Waals surface area contributed by atoms with Crippen molar-refractivity contribution < 1.29 is 9.59 Å². The number of carbonyl (C=O) groups is 2. The van der Waals surface area contributed by atoms with Gasteiger partial charge in [-0.25, -0.2) is 0 Å². The molecule has 2 aromatic carbocycles. The Hall–Kier alpha value is -2.02. The number of hydrogen-bond acceptors (Lipinski definition) is 4. The molecule has 2 radical (unpaired) electrons. The average molecular weight is 449 g/mol. The molecule has 0 bridgehead atoms. The van der Waals surface area contributed by atoms with Gasteiger partial charge in [0.05, 0.1) is 3.79 Å². The fourth-order valence-electron chi connectivity index (χ4n) is 3.82. The Kier molecular flexibility index (Phi) is 3.80. The van der Waals surface area contributed by atoms with Crippen LogP contribution >= 0.6 is 38.6 Å². The van der Waals surface area contributed by atoms with E-state index in [1.807, 2.05) is 24.3 Å². The minimum absolute atomic E-state index is 0.0332. The predicted molar refractivity (Wildman–Crippen MR) is 117 cm³/mol. The summed E-state index contributed by atoms with van der Waals surface area (Å²) in [5.41, 5.74) is 4.95. The van der Waals surface area contributed by atoms with Crippen LogP contribution in [0.4, 0.5) is 0 Å². The number of thiophene rings is 2. The zero-order valence-corrected chi connectivity index (χ0v) is 17.3. The van der Waals surface area contributed by atoms with E-state index >= 15 is 0 Å². The third-order valence-corrected chi connectivity index (χ3v) is 7.71. The van der Waals surface area contributed by atoms with Crippen LogP contribution in [-0.2, 0) is 0 Å². The first-order chi connectivity index (χ1) is 13.0. The topological polar surface area (TPSA) is 34.1 Å². The Morgan fingerprint density at radius 2 is 1.63 bits per heavy atom. The second kappa shape index (κ2) is 5.99. The van der Waals surface area contributed by atoms with Gasteiger partial charge >= 0.3 is 0 Å². The molecular formula is C21H10BBrO2S2. The number of aryl methyl sites for hydroxylation is 1. The molecule has 0 saturated heterocycles. The van der Waals surface area contributed by atoms with Crippen LogP contribution in [0.1, 0.15) is 31.8 Å². The largest absolute Gasteiger partial charge is 0.298 e. The van der Waals surface area contributed by atoms with E-state index in [0.29, 0.717) is 21.5 Å². The maximum atomic E-state index is 13.1. The lowest BCUT2D eigenvalue weighted by atomic mass is 9.83. The van der Waals surface area contributed by atoms with Gasteiger partial charge in [-0.3, -0.25) is 9.59 Å². The number of ketones is 1. The first-order valence-electron chi connectivity index (χ1n) is 8.25. The number of halogens is 1. The van der Waals surface area contributed by atoms with E-state index in [1.165, 1.54) is 11.3 Å². The maximum absolute atomic E-state index is 13.1. The number of rotatable bonds is 2. The van der Waals surface area contributed by atoms with Crippen molar-refractivity contribution >= 4 is 74.1 Å². The van der Waals surface area contributed by atoms with Crippen molar-refractivity contribution in [3.63, 3.8) is 0 Å². The fraction of sp³-hybridized carbons (Fsp3) is 0.0476. The van der Waals surface area contributed by atoms with Gasteiger partial charge in [-0.05, 0) is 51.4 Å². The third kappa shape index (κ3) is 2.37. The molecule has 27 heavy (non-hydrogen) atoms. The molecule has 0 unspecified atom stereocenters. The summed E-state index contributed by atoms with van der Waals surface area (Å²) in [4.78, 5) is 26.9. The van der Waals surface area contributed by atoms with Crippen molar-refractivity contribution in [2.45, 2.75) is 6.92 Å². The van der Waals surface area contributed by atoms with E-state index < -0.39 is 0 Å². The smallest absolute Gasteiger partial charge is 0.195 e. The summed E-state index contributed by atoms with van der Waals surface area (Å²) in [5.74, 6) is -0.0332. The summed E-state index contributed by atoms with van der Waals surface area (Å²) in [6.07, 6.45) is 0.868. The van der Waals surface area contributed by atoms with E-state index in [9.17, 15) is 9.59 Å². The van der Waals surface area contributed by atoms with E-state index in [0.717, 1.165) is 47.3 Å². The molecule has 5 rings (SSSR count). The zero-order chi connectivity index (χ0) is 18.9. The van der Waals surface area contributed by atoms with E-state index in [2.05, 4.69) is 28.9 Å². The maximum Gasteiger partial charge on any atom is 0.195 e. The Morgan fingerprint density at radius 1 is 0.926 bits per heavy atom. The SMILES string of the molecule is [B]c1cc2c(s1)-c1ccc(C=O)c3c(-c4sc(Br)cc4C)ccc(c13)C2=O. The normalized spacial score (nSPS) is 12.4. The Bertz CT molecular complexity index is 1300. The lowest BCUT2D eigenvalue weighted by Gasteiger charge is -2.20. The van der Waals surface area contributed by atoms with Crippen LogP contribution < -0.4 is 4.78 Å². The van der Waals surface area contributed by atoms with Crippen molar-refractivity contribution in [3.05, 3.63) is 62.4 Å². The first-order valence-corrected chi connectivity index (χ1v) is 10.7. The van der Waals surface area contributed by atoms with Crippen LogP contribution in [0, 0.1) is 6.92 Å². The molecule has 6 heteroatoms.